The SMILES string of the molecule is Cc1c2c(c(C)c3ccccc13)-c1c3c(cc4cc(F)ccc4c3cc[n+]1C)O2. The standard InChI is InChI=1S/C26H19FNO/c1-14-18-6-4-5-7-19(18)15(2)26-23(14)25-24-21(10-11-28(25)3)20-9-8-17(27)12-16(20)13-22(24)29-26/h4-13H,1-3H3/q+1. The molecule has 0 aliphatic carbocycles. The number of aromatic nitrogens is 1. The summed E-state index contributed by atoms with van der Waals surface area (Å²) in [6.45, 7) is 4.29. The van der Waals surface area contributed by atoms with Crippen molar-refractivity contribution in [3.05, 3.63) is 77.7 Å². The van der Waals surface area contributed by atoms with E-state index in [1.165, 1.54) is 22.4 Å². The summed E-state index contributed by atoms with van der Waals surface area (Å²) in [5, 5.41) is 6.51. The number of hydrogen-bond donors (Lipinski definition) is 0. The molecule has 0 saturated heterocycles. The van der Waals surface area contributed by atoms with Gasteiger partial charge in [0.05, 0.1) is 10.9 Å². The predicted molar refractivity (Wildman–Crippen MR) is 115 cm³/mol. The highest BCUT2D eigenvalue weighted by Crippen LogP contribution is 2.51. The van der Waals surface area contributed by atoms with E-state index in [1.54, 1.807) is 6.07 Å². The molecule has 0 amide bonds. The van der Waals surface area contributed by atoms with Crippen LogP contribution in [0.4, 0.5) is 4.39 Å². The van der Waals surface area contributed by atoms with E-state index in [1.807, 2.05) is 12.1 Å². The molecule has 140 valence electrons. The lowest BCUT2D eigenvalue weighted by atomic mass is 9.88. The lowest BCUT2D eigenvalue weighted by Gasteiger charge is -2.24. The Balaban J connectivity index is 1.86. The lowest BCUT2D eigenvalue weighted by molar-refractivity contribution is -0.659. The van der Waals surface area contributed by atoms with Gasteiger partial charge in [-0.2, -0.15) is 0 Å². The van der Waals surface area contributed by atoms with Crippen LogP contribution in [-0.4, -0.2) is 0 Å². The number of hydrogen-bond acceptors (Lipinski definition) is 1. The Morgan fingerprint density at radius 1 is 0.828 bits per heavy atom. The number of halogens is 1. The molecule has 0 fully saturated rings. The Hall–Kier alpha value is -3.46. The summed E-state index contributed by atoms with van der Waals surface area (Å²) in [7, 11) is 2.08. The molecule has 0 spiro atoms. The van der Waals surface area contributed by atoms with Crippen LogP contribution in [0.5, 0.6) is 11.5 Å². The van der Waals surface area contributed by atoms with Gasteiger partial charge in [-0.15, -0.1) is 0 Å². The second-order valence-electron chi connectivity index (χ2n) is 7.91. The highest BCUT2D eigenvalue weighted by Gasteiger charge is 2.32. The van der Waals surface area contributed by atoms with Crippen LogP contribution in [0.25, 0.3) is 43.6 Å². The van der Waals surface area contributed by atoms with E-state index in [0.29, 0.717) is 0 Å². The van der Waals surface area contributed by atoms with Crippen LogP contribution >= 0.6 is 0 Å². The second-order valence-corrected chi connectivity index (χ2v) is 7.91. The van der Waals surface area contributed by atoms with Crippen molar-refractivity contribution in [2.75, 3.05) is 0 Å². The quantitative estimate of drug-likeness (QED) is 0.217. The Labute approximate surface area is 167 Å². The predicted octanol–water partition coefficient (Wildman–Crippen LogP) is 6.50. The van der Waals surface area contributed by atoms with Gasteiger partial charge < -0.3 is 4.74 Å². The lowest BCUT2D eigenvalue weighted by Crippen LogP contribution is -2.32. The number of benzene rings is 4. The second kappa shape index (κ2) is 5.54. The molecular formula is C26H19FNO+. The topological polar surface area (TPSA) is 13.1 Å². The van der Waals surface area contributed by atoms with Crippen LogP contribution < -0.4 is 9.30 Å². The minimum atomic E-state index is -0.236. The van der Waals surface area contributed by atoms with Crippen molar-refractivity contribution in [3.63, 3.8) is 0 Å². The number of rotatable bonds is 0. The van der Waals surface area contributed by atoms with Gasteiger partial charge in [0.2, 0.25) is 5.69 Å². The van der Waals surface area contributed by atoms with Gasteiger partial charge in [-0.1, -0.05) is 30.3 Å². The summed E-state index contributed by atoms with van der Waals surface area (Å²) in [6.07, 6.45) is 2.09. The number of pyridine rings is 1. The molecule has 0 saturated carbocycles. The van der Waals surface area contributed by atoms with Crippen molar-refractivity contribution < 1.29 is 13.7 Å². The maximum Gasteiger partial charge on any atom is 0.228 e. The van der Waals surface area contributed by atoms with E-state index in [0.717, 1.165) is 49.9 Å². The smallest absolute Gasteiger partial charge is 0.228 e. The van der Waals surface area contributed by atoms with Crippen molar-refractivity contribution in [1.82, 2.24) is 0 Å². The number of nitrogens with zero attached hydrogens (tertiary/aromatic N) is 1. The molecule has 29 heavy (non-hydrogen) atoms. The first-order chi connectivity index (χ1) is 14.0. The van der Waals surface area contributed by atoms with E-state index in [4.69, 9.17) is 4.74 Å². The molecule has 0 unspecified atom stereocenters. The first kappa shape index (κ1) is 16.5. The fraction of sp³-hybridized carbons (Fsp3) is 0.115. The first-order valence-corrected chi connectivity index (χ1v) is 9.79. The number of fused-ring (bicyclic) bond motifs is 5. The fourth-order valence-corrected chi connectivity index (χ4v) is 4.89. The molecule has 1 aliphatic rings. The maximum absolute atomic E-state index is 13.9. The summed E-state index contributed by atoms with van der Waals surface area (Å²) >= 11 is 0. The molecule has 0 radical (unpaired) electrons. The molecule has 4 aromatic carbocycles. The molecule has 0 N–H and O–H groups in total. The van der Waals surface area contributed by atoms with Crippen molar-refractivity contribution in [3.8, 4) is 22.8 Å². The van der Waals surface area contributed by atoms with E-state index in [-0.39, 0.29) is 5.82 Å². The van der Waals surface area contributed by atoms with Crippen LogP contribution in [0.15, 0.2) is 60.8 Å². The average Bonchev–Trinajstić information content (AvgIpc) is 2.73. The minimum Gasteiger partial charge on any atom is -0.455 e. The third-order valence-electron chi connectivity index (χ3n) is 6.29. The normalized spacial score (nSPS) is 12.4. The van der Waals surface area contributed by atoms with Crippen molar-refractivity contribution >= 4 is 32.3 Å². The zero-order valence-electron chi connectivity index (χ0n) is 16.5. The Morgan fingerprint density at radius 3 is 2.38 bits per heavy atom. The van der Waals surface area contributed by atoms with Gasteiger partial charge >= 0.3 is 0 Å². The van der Waals surface area contributed by atoms with Crippen molar-refractivity contribution in [1.29, 1.82) is 0 Å². The molecule has 2 nitrogen and oxygen atoms in total. The van der Waals surface area contributed by atoms with E-state index in [2.05, 4.69) is 62.0 Å². The van der Waals surface area contributed by atoms with Gasteiger partial charge in [0.15, 0.2) is 6.20 Å². The van der Waals surface area contributed by atoms with Crippen LogP contribution in [0.2, 0.25) is 0 Å². The molecule has 1 aromatic heterocycles. The Kier molecular flexibility index (Phi) is 3.15. The number of ether oxygens (including phenoxy) is 1. The molecule has 6 rings (SSSR count). The molecular weight excluding hydrogens is 361 g/mol. The summed E-state index contributed by atoms with van der Waals surface area (Å²) < 4.78 is 22.6. The zero-order chi connectivity index (χ0) is 19.9. The largest absolute Gasteiger partial charge is 0.455 e. The summed E-state index contributed by atoms with van der Waals surface area (Å²) in [5.74, 6) is 1.45. The summed E-state index contributed by atoms with van der Waals surface area (Å²) in [4.78, 5) is 0. The third-order valence-corrected chi connectivity index (χ3v) is 6.29. The van der Waals surface area contributed by atoms with E-state index < -0.39 is 0 Å². The molecule has 0 bridgehead atoms. The van der Waals surface area contributed by atoms with Gasteiger partial charge in [0.1, 0.15) is 24.4 Å². The molecule has 0 atom stereocenters. The van der Waals surface area contributed by atoms with Gasteiger partial charge in [-0.25, -0.2) is 8.96 Å². The van der Waals surface area contributed by atoms with Crippen LogP contribution in [0.3, 0.4) is 0 Å². The van der Waals surface area contributed by atoms with Crippen molar-refractivity contribution in [2.45, 2.75) is 13.8 Å². The van der Waals surface area contributed by atoms with Crippen LogP contribution in [0, 0.1) is 19.7 Å². The fourth-order valence-electron chi connectivity index (χ4n) is 4.89. The van der Waals surface area contributed by atoms with Gasteiger partial charge in [0, 0.05) is 17.0 Å². The molecule has 5 aromatic rings. The minimum absolute atomic E-state index is 0.236. The molecule has 2 heterocycles. The van der Waals surface area contributed by atoms with E-state index >= 15 is 0 Å². The van der Waals surface area contributed by atoms with Crippen LogP contribution in [0.1, 0.15) is 11.1 Å². The highest BCUT2D eigenvalue weighted by molar-refractivity contribution is 6.16. The van der Waals surface area contributed by atoms with Crippen LogP contribution in [-0.2, 0) is 7.05 Å². The van der Waals surface area contributed by atoms with Crippen molar-refractivity contribution in [2.24, 2.45) is 7.05 Å². The average molecular weight is 380 g/mol. The Bertz CT molecular complexity index is 1520. The van der Waals surface area contributed by atoms with E-state index in [9.17, 15) is 4.39 Å². The zero-order valence-corrected chi connectivity index (χ0v) is 16.5. The summed E-state index contributed by atoms with van der Waals surface area (Å²) in [6, 6.07) is 17.5. The van der Waals surface area contributed by atoms with Gasteiger partial charge in [-0.3, -0.25) is 0 Å². The Morgan fingerprint density at radius 2 is 1.59 bits per heavy atom. The highest BCUT2D eigenvalue weighted by atomic mass is 19.1. The first-order valence-electron chi connectivity index (χ1n) is 9.79. The molecule has 3 heteroatoms. The molecule has 1 aliphatic heterocycles. The number of aryl methyl sites for hydroxylation is 3. The summed E-state index contributed by atoms with van der Waals surface area (Å²) in [5.41, 5.74) is 4.64. The monoisotopic (exact) mass is 380 g/mol. The van der Waals surface area contributed by atoms with Gasteiger partial charge in [-0.05, 0) is 59.2 Å². The third kappa shape index (κ3) is 2.07. The maximum atomic E-state index is 13.9. The van der Waals surface area contributed by atoms with Gasteiger partial charge in [0.25, 0.3) is 0 Å².